The average Bonchev–Trinajstić information content (AvgIpc) is 3.71. The Morgan fingerprint density at radius 2 is 1.00 bits per heavy atom. The zero-order valence-corrected chi connectivity index (χ0v) is 40.0. The number of carboxylic acid groups (broad SMARTS) is 2. The summed E-state index contributed by atoms with van der Waals surface area (Å²) in [4.78, 5) is 72.9. The summed E-state index contributed by atoms with van der Waals surface area (Å²) >= 11 is 0. The van der Waals surface area contributed by atoms with Crippen molar-refractivity contribution in [3.63, 3.8) is 0 Å². The lowest BCUT2D eigenvalue weighted by atomic mass is 9.68. The van der Waals surface area contributed by atoms with Crippen LogP contribution in [0.25, 0.3) is 11.1 Å². The van der Waals surface area contributed by atoms with Crippen LogP contribution in [0.2, 0.25) is 0 Å². The van der Waals surface area contributed by atoms with Crippen LogP contribution in [0.3, 0.4) is 0 Å². The van der Waals surface area contributed by atoms with E-state index in [4.69, 9.17) is 28.4 Å². The SMILES string of the molecule is C=CC(=O)OCC(COc1ccc(C2(c3ccc(OCC(COC(=O)C=C)OC(=O)c4ccc(S(=O)(=O)c5ccc(C(=O)O)c(C(=O)OC)c5)cc4C(=O)O)cc3)c3ccccc3-c3ccccc32)cc1)OC. The number of methoxy groups -OCH3 is 2. The smallest absolute Gasteiger partial charge is 0.339 e. The van der Waals surface area contributed by atoms with Crippen LogP contribution in [0, 0.1) is 0 Å². The van der Waals surface area contributed by atoms with Crippen LogP contribution >= 0.6 is 0 Å². The number of hydrogen-bond donors (Lipinski definition) is 2. The quantitative estimate of drug-likeness (QED) is 0.0379. The third-order valence-corrected chi connectivity index (χ3v) is 13.6. The number of esters is 4. The Hall–Kier alpha value is -8.87. The summed E-state index contributed by atoms with van der Waals surface area (Å²) in [7, 11) is -2.15. The second-order valence-electron chi connectivity index (χ2n) is 16.1. The number of aromatic carboxylic acids is 2. The average molecular weight is 1010 g/mol. The first kappa shape index (κ1) is 52.0. The van der Waals surface area contributed by atoms with Crippen molar-refractivity contribution in [2.24, 2.45) is 0 Å². The molecule has 1 aliphatic carbocycles. The van der Waals surface area contributed by atoms with Gasteiger partial charge in [-0.15, -0.1) is 0 Å². The van der Waals surface area contributed by atoms with Gasteiger partial charge in [0.15, 0.2) is 6.10 Å². The van der Waals surface area contributed by atoms with Crippen LogP contribution < -0.4 is 9.47 Å². The van der Waals surface area contributed by atoms with Gasteiger partial charge in [0.25, 0.3) is 0 Å². The van der Waals surface area contributed by atoms with Crippen molar-refractivity contribution in [1.29, 1.82) is 0 Å². The maximum atomic E-state index is 13.7. The molecule has 0 saturated heterocycles. The highest BCUT2D eigenvalue weighted by atomic mass is 32.2. The molecule has 18 heteroatoms. The normalized spacial score (nSPS) is 12.9. The van der Waals surface area contributed by atoms with E-state index >= 15 is 0 Å². The van der Waals surface area contributed by atoms with Crippen molar-refractivity contribution >= 4 is 45.7 Å². The minimum Gasteiger partial charge on any atom is -0.491 e. The van der Waals surface area contributed by atoms with E-state index in [2.05, 4.69) is 42.2 Å². The summed E-state index contributed by atoms with van der Waals surface area (Å²) < 4.78 is 65.5. The minimum atomic E-state index is -4.62. The molecule has 7 rings (SSSR count). The maximum absolute atomic E-state index is 13.7. The van der Waals surface area contributed by atoms with Crippen molar-refractivity contribution in [1.82, 2.24) is 0 Å². The fourth-order valence-corrected chi connectivity index (χ4v) is 9.64. The topological polar surface area (TPSA) is 242 Å². The Morgan fingerprint density at radius 3 is 1.47 bits per heavy atom. The summed E-state index contributed by atoms with van der Waals surface area (Å²) in [6.07, 6.45) is 0.0902. The van der Waals surface area contributed by atoms with E-state index in [9.17, 15) is 47.4 Å². The summed E-state index contributed by atoms with van der Waals surface area (Å²) in [6.45, 7) is 5.91. The van der Waals surface area contributed by atoms with E-state index in [-0.39, 0.29) is 13.2 Å². The molecule has 0 saturated carbocycles. The fourth-order valence-electron chi connectivity index (χ4n) is 8.33. The van der Waals surface area contributed by atoms with Gasteiger partial charge in [0.2, 0.25) is 9.84 Å². The molecule has 1 aliphatic rings. The first-order chi connectivity index (χ1) is 35.1. The second kappa shape index (κ2) is 22.5. The van der Waals surface area contributed by atoms with E-state index in [1.807, 2.05) is 60.7 Å². The van der Waals surface area contributed by atoms with E-state index in [1.165, 1.54) is 7.11 Å². The Morgan fingerprint density at radius 1 is 0.548 bits per heavy atom. The fraction of sp³-hybridized carbons (Fsp3) is 0.164. The van der Waals surface area contributed by atoms with Crippen molar-refractivity contribution in [2.45, 2.75) is 27.4 Å². The van der Waals surface area contributed by atoms with Gasteiger partial charge in [-0.1, -0.05) is 86.0 Å². The minimum absolute atomic E-state index is 0.0233. The second-order valence-corrected chi connectivity index (χ2v) is 18.0. The molecule has 374 valence electrons. The molecule has 0 aliphatic heterocycles. The van der Waals surface area contributed by atoms with E-state index in [0.717, 1.165) is 83.0 Å². The van der Waals surface area contributed by atoms with Crippen molar-refractivity contribution in [3.05, 3.63) is 203 Å². The van der Waals surface area contributed by atoms with Gasteiger partial charge in [-0.25, -0.2) is 37.2 Å². The number of ether oxygens (including phenoxy) is 7. The lowest BCUT2D eigenvalue weighted by Gasteiger charge is -2.34. The van der Waals surface area contributed by atoms with E-state index in [1.54, 1.807) is 12.1 Å². The molecule has 0 fully saturated rings. The summed E-state index contributed by atoms with van der Waals surface area (Å²) in [6, 6.07) is 36.3. The number of fused-ring (bicyclic) bond motifs is 3. The molecule has 6 aromatic rings. The zero-order chi connectivity index (χ0) is 52.5. The molecule has 0 amide bonds. The molecule has 0 aromatic heterocycles. The highest BCUT2D eigenvalue weighted by Gasteiger charge is 2.46. The predicted molar refractivity (Wildman–Crippen MR) is 261 cm³/mol. The lowest BCUT2D eigenvalue weighted by molar-refractivity contribution is -0.142. The number of rotatable bonds is 22. The van der Waals surface area contributed by atoms with Gasteiger partial charge in [0, 0.05) is 19.3 Å². The first-order valence-corrected chi connectivity index (χ1v) is 23.6. The number of hydrogen-bond acceptors (Lipinski definition) is 15. The monoisotopic (exact) mass is 1010 g/mol. The van der Waals surface area contributed by atoms with Crippen LogP contribution in [-0.4, -0.2) is 107 Å². The van der Waals surface area contributed by atoms with Gasteiger partial charge >= 0.3 is 35.8 Å². The molecule has 2 N–H and O–H groups in total. The molecule has 0 heterocycles. The maximum Gasteiger partial charge on any atom is 0.339 e. The predicted octanol–water partition coefficient (Wildman–Crippen LogP) is 7.52. The largest absolute Gasteiger partial charge is 0.491 e. The lowest BCUT2D eigenvalue weighted by Crippen LogP contribution is -2.31. The van der Waals surface area contributed by atoms with Gasteiger partial charge in [0.1, 0.15) is 44.0 Å². The third-order valence-electron chi connectivity index (χ3n) is 11.9. The molecule has 6 aromatic carbocycles. The molecule has 0 bridgehead atoms. The first-order valence-electron chi connectivity index (χ1n) is 22.1. The number of carbonyl (C=O) groups is 6. The Bertz CT molecular complexity index is 3190. The van der Waals surface area contributed by atoms with Gasteiger partial charge in [-0.2, -0.15) is 0 Å². The zero-order valence-electron chi connectivity index (χ0n) is 39.2. The molecule has 73 heavy (non-hydrogen) atoms. The summed E-state index contributed by atoms with van der Waals surface area (Å²) in [5.41, 5.74) is 2.61. The van der Waals surface area contributed by atoms with Gasteiger partial charge in [-0.05, 0) is 94.0 Å². The molecule has 0 radical (unpaired) electrons. The Labute approximate surface area is 418 Å². The molecule has 2 atom stereocenters. The summed E-state index contributed by atoms with van der Waals surface area (Å²) in [5.74, 6) is -6.16. The highest BCUT2D eigenvalue weighted by molar-refractivity contribution is 7.91. The van der Waals surface area contributed by atoms with Crippen LogP contribution in [0.5, 0.6) is 11.5 Å². The molecule has 17 nitrogen and oxygen atoms in total. The van der Waals surface area contributed by atoms with Crippen LogP contribution in [0.15, 0.2) is 169 Å². The number of carboxylic acids is 2. The third kappa shape index (κ3) is 10.9. The van der Waals surface area contributed by atoms with E-state index < -0.39 is 109 Å². The van der Waals surface area contributed by atoms with Crippen molar-refractivity contribution in [3.8, 4) is 22.6 Å². The Balaban J connectivity index is 1.14. The van der Waals surface area contributed by atoms with Gasteiger partial charge in [0.05, 0.1) is 44.6 Å². The number of carbonyl (C=O) groups excluding carboxylic acids is 4. The van der Waals surface area contributed by atoms with Crippen molar-refractivity contribution < 1.29 is 80.6 Å². The number of benzene rings is 6. The van der Waals surface area contributed by atoms with E-state index in [0.29, 0.717) is 17.6 Å². The van der Waals surface area contributed by atoms with Gasteiger partial charge in [-0.3, -0.25) is 0 Å². The van der Waals surface area contributed by atoms with Crippen LogP contribution in [-0.2, 0) is 48.5 Å². The molecule has 0 spiro atoms. The number of sulfone groups is 1. The Kier molecular flexibility index (Phi) is 16.0. The molecular formula is C55H46O17S. The molecular weight excluding hydrogens is 965 g/mol. The van der Waals surface area contributed by atoms with Crippen LogP contribution in [0.4, 0.5) is 0 Å². The highest BCUT2D eigenvalue weighted by Crippen LogP contribution is 2.56. The summed E-state index contributed by atoms with van der Waals surface area (Å²) in [5, 5.41) is 19.7. The molecule has 2 unspecified atom stereocenters. The van der Waals surface area contributed by atoms with Gasteiger partial charge < -0.3 is 43.4 Å². The van der Waals surface area contributed by atoms with Crippen LogP contribution in [0.1, 0.15) is 63.7 Å². The van der Waals surface area contributed by atoms with Crippen molar-refractivity contribution in [2.75, 3.05) is 40.6 Å². The standard InChI is InChI=1S/C55H46O17S/c1-5-49(56)70-30-37(66-3)29-68-35-19-15-33(16-20-35)55(47-13-9-7-11-41(47)42-12-8-10-14-48(42)55)34-17-21-36(22-18-34)69-31-38(32-71-50(57)6-2)72-54(63)44-26-24-39(27-45(44)52(60)61)73(64,65)40-23-25-43(51(58)59)46(28-40)53(62)67-4/h5-28,37-38H,1-2,29-32H2,3-4H3,(H,58,59)(H,60,61).